The average Bonchev–Trinajstić information content (AvgIpc) is 3.01. The largest absolute Gasteiger partial charge is 0.480 e. The smallest absolute Gasteiger partial charge is 0.326 e. The Labute approximate surface area is 94.9 Å². The fourth-order valence-corrected chi connectivity index (χ4v) is 1.33. The van der Waals surface area contributed by atoms with Crippen molar-refractivity contribution in [2.45, 2.75) is 37.8 Å². The van der Waals surface area contributed by atoms with Gasteiger partial charge in [-0.15, -0.1) is 6.58 Å². The van der Waals surface area contributed by atoms with Crippen LogP contribution in [0.15, 0.2) is 12.7 Å². The molecule has 1 amide bonds. The molecule has 90 valence electrons. The molecule has 0 saturated heterocycles. The standard InChI is InChI=1S/C11H18N2O3/c1-2-3-9(11(15)16)13-10(14)6-7-12-8-4-5-8/h2,8-9,12H,1,3-7H2,(H,13,14)(H,15,16). The Morgan fingerprint density at radius 1 is 1.50 bits per heavy atom. The summed E-state index contributed by atoms with van der Waals surface area (Å²) < 4.78 is 0. The molecule has 5 nitrogen and oxygen atoms in total. The molecule has 0 aliphatic heterocycles. The Bertz CT molecular complexity index is 274. The highest BCUT2D eigenvalue weighted by Crippen LogP contribution is 2.18. The lowest BCUT2D eigenvalue weighted by atomic mass is 10.2. The van der Waals surface area contributed by atoms with E-state index in [0.717, 1.165) is 0 Å². The molecule has 0 bridgehead atoms. The molecule has 1 atom stereocenters. The Morgan fingerprint density at radius 3 is 2.69 bits per heavy atom. The van der Waals surface area contributed by atoms with Crippen LogP contribution in [0.2, 0.25) is 0 Å². The molecule has 1 aliphatic carbocycles. The second-order valence-corrected chi connectivity index (χ2v) is 3.96. The minimum absolute atomic E-state index is 0.234. The van der Waals surface area contributed by atoms with Crippen molar-refractivity contribution in [1.29, 1.82) is 0 Å². The molecule has 1 fully saturated rings. The Kier molecular flexibility index (Phi) is 4.98. The van der Waals surface area contributed by atoms with E-state index in [1.54, 1.807) is 0 Å². The molecule has 1 unspecified atom stereocenters. The van der Waals surface area contributed by atoms with Crippen molar-refractivity contribution in [2.75, 3.05) is 6.54 Å². The van der Waals surface area contributed by atoms with Crippen LogP contribution in [0.25, 0.3) is 0 Å². The SMILES string of the molecule is C=CCC(NC(=O)CCNC1CC1)C(=O)O. The summed E-state index contributed by atoms with van der Waals surface area (Å²) in [6.07, 6.45) is 4.40. The molecule has 0 aromatic carbocycles. The van der Waals surface area contributed by atoms with Crippen LogP contribution in [0, 0.1) is 0 Å². The van der Waals surface area contributed by atoms with Crippen LogP contribution in [0.1, 0.15) is 25.7 Å². The maximum absolute atomic E-state index is 11.4. The number of carboxylic acids is 1. The summed E-state index contributed by atoms with van der Waals surface area (Å²) in [4.78, 5) is 22.1. The first-order valence-electron chi connectivity index (χ1n) is 5.50. The van der Waals surface area contributed by atoms with Gasteiger partial charge in [0.15, 0.2) is 0 Å². The number of aliphatic carboxylic acids is 1. The monoisotopic (exact) mass is 226 g/mol. The first kappa shape index (κ1) is 12.7. The van der Waals surface area contributed by atoms with E-state index in [9.17, 15) is 9.59 Å². The summed E-state index contributed by atoms with van der Waals surface area (Å²) in [5.74, 6) is -1.26. The number of hydrogen-bond donors (Lipinski definition) is 3. The van der Waals surface area contributed by atoms with E-state index in [0.29, 0.717) is 19.0 Å². The molecule has 1 saturated carbocycles. The highest BCUT2D eigenvalue weighted by atomic mass is 16.4. The lowest BCUT2D eigenvalue weighted by molar-refractivity contribution is -0.141. The van der Waals surface area contributed by atoms with Gasteiger partial charge < -0.3 is 15.7 Å². The van der Waals surface area contributed by atoms with Crippen LogP contribution in [0.4, 0.5) is 0 Å². The highest BCUT2D eigenvalue weighted by molar-refractivity contribution is 5.83. The number of carboxylic acid groups (broad SMARTS) is 1. The van der Waals surface area contributed by atoms with Crippen LogP contribution >= 0.6 is 0 Å². The average molecular weight is 226 g/mol. The van der Waals surface area contributed by atoms with Crippen molar-refractivity contribution in [2.24, 2.45) is 0 Å². The quantitative estimate of drug-likeness (QED) is 0.519. The summed E-state index contributed by atoms with van der Waals surface area (Å²) in [5.41, 5.74) is 0. The Hall–Kier alpha value is -1.36. The molecule has 1 rings (SSSR count). The molecule has 1 aliphatic rings. The molecular formula is C11H18N2O3. The van der Waals surface area contributed by atoms with Gasteiger partial charge in [-0.25, -0.2) is 4.79 Å². The zero-order valence-corrected chi connectivity index (χ0v) is 9.24. The lowest BCUT2D eigenvalue weighted by Gasteiger charge is -2.12. The summed E-state index contributed by atoms with van der Waals surface area (Å²) in [6, 6.07) is -0.290. The first-order chi connectivity index (χ1) is 7.63. The van der Waals surface area contributed by atoms with Crippen molar-refractivity contribution in [1.82, 2.24) is 10.6 Å². The van der Waals surface area contributed by atoms with Crippen LogP contribution in [-0.4, -0.2) is 35.6 Å². The summed E-state index contributed by atoms with van der Waals surface area (Å²) in [6.45, 7) is 4.06. The maximum Gasteiger partial charge on any atom is 0.326 e. The number of rotatable bonds is 8. The third kappa shape index (κ3) is 4.93. The number of nitrogens with one attached hydrogen (secondary N) is 2. The van der Waals surface area contributed by atoms with Crippen molar-refractivity contribution < 1.29 is 14.7 Å². The van der Waals surface area contributed by atoms with Gasteiger partial charge in [-0.3, -0.25) is 4.79 Å². The predicted molar refractivity (Wildman–Crippen MR) is 60.0 cm³/mol. The van der Waals surface area contributed by atoms with Gasteiger partial charge in [-0.1, -0.05) is 6.08 Å². The molecule has 16 heavy (non-hydrogen) atoms. The van der Waals surface area contributed by atoms with E-state index in [1.807, 2.05) is 0 Å². The van der Waals surface area contributed by atoms with E-state index < -0.39 is 12.0 Å². The third-order valence-corrected chi connectivity index (χ3v) is 2.40. The predicted octanol–water partition coefficient (Wildman–Crippen LogP) is 0.274. The summed E-state index contributed by atoms with van der Waals surface area (Å²) in [5, 5.41) is 14.5. The van der Waals surface area contributed by atoms with Gasteiger partial charge in [0, 0.05) is 19.0 Å². The summed E-state index contributed by atoms with van der Waals surface area (Å²) in [7, 11) is 0. The molecule has 0 spiro atoms. The van der Waals surface area contributed by atoms with Gasteiger partial charge in [0.2, 0.25) is 5.91 Å². The van der Waals surface area contributed by atoms with Gasteiger partial charge in [0.25, 0.3) is 0 Å². The van der Waals surface area contributed by atoms with Crippen LogP contribution < -0.4 is 10.6 Å². The van der Waals surface area contributed by atoms with Gasteiger partial charge >= 0.3 is 5.97 Å². The van der Waals surface area contributed by atoms with E-state index >= 15 is 0 Å². The Morgan fingerprint density at radius 2 is 2.19 bits per heavy atom. The number of amides is 1. The second kappa shape index (κ2) is 6.27. The van der Waals surface area contributed by atoms with Gasteiger partial charge in [0.1, 0.15) is 6.04 Å². The molecule has 0 radical (unpaired) electrons. The molecule has 0 aromatic heterocycles. The van der Waals surface area contributed by atoms with Crippen molar-refractivity contribution >= 4 is 11.9 Å². The topological polar surface area (TPSA) is 78.4 Å². The molecule has 0 heterocycles. The number of hydrogen-bond acceptors (Lipinski definition) is 3. The van der Waals surface area contributed by atoms with Gasteiger partial charge in [0.05, 0.1) is 0 Å². The van der Waals surface area contributed by atoms with E-state index in [-0.39, 0.29) is 12.3 Å². The van der Waals surface area contributed by atoms with Crippen LogP contribution in [0.3, 0.4) is 0 Å². The van der Waals surface area contributed by atoms with Crippen LogP contribution in [-0.2, 0) is 9.59 Å². The maximum atomic E-state index is 11.4. The molecule has 0 aromatic rings. The van der Waals surface area contributed by atoms with Crippen molar-refractivity contribution in [3.63, 3.8) is 0 Å². The fraction of sp³-hybridized carbons (Fsp3) is 0.636. The third-order valence-electron chi connectivity index (χ3n) is 2.40. The fourth-order valence-electron chi connectivity index (χ4n) is 1.33. The summed E-state index contributed by atoms with van der Waals surface area (Å²) >= 11 is 0. The molecule has 5 heteroatoms. The van der Waals surface area contributed by atoms with Crippen molar-refractivity contribution in [3.8, 4) is 0 Å². The van der Waals surface area contributed by atoms with Gasteiger partial charge in [-0.2, -0.15) is 0 Å². The molecular weight excluding hydrogens is 208 g/mol. The first-order valence-corrected chi connectivity index (χ1v) is 5.50. The molecule has 3 N–H and O–H groups in total. The second-order valence-electron chi connectivity index (χ2n) is 3.96. The number of carbonyl (C=O) groups excluding carboxylic acids is 1. The minimum Gasteiger partial charge on any atom is -0.480 e. The van der Waals surface area contributed by atoms with Crippen LogP contribution in [0.5, 0.6) is 0 Å². The van der Waals surface area contributed by atoms with E-state index in [1.165, 1.54) is 18.9 Å². The zero-order chi connectivity index (χ0) is 12.0. The number of carbonyl (C=O) groups is 2. The Balaban J connectivity index is 2.18. The van der Waals surface area contributed by atoms with Crippen molar-refractivity contribution in [3.05, 3.63) is 12.7 Å². The van der Waals surface area contributed by atoms with Gasteiger partial charge in [-0.05, 0) is 19.3 Å². The lowest BCUT2D eigenvalue weighted by Crippen LogP contribution is -2.41. The minimum atomic E-state index is -1.02. The highest BCUT2D eigenvalue weighted by Gasteiger charge is 2.21. The zero-order valence-electron chi connectivity index (χ0n) is 9.24. The normalized spacial score (nSPS) is 16.5. The van der Waals surface area contributed by atoms with E-state index in [2.05, 4.69) is 17.2 Å². The van der Waals surface area contributed by atoms with E-state index in [4.69, 9.17) is 5.11 Å².